The van der Waals surface area contributed by atoms with Crippen molar-refractivity contribution in [2.75, 3.05) is 25.4 Å². The van der Waals surface area contributed by atoms with Gasteiger partial charge in [0.05, 0.1) is 4.87 Å². The van der Waals surface area contributed by atoms with E-state index in [1.165, 1.54) is 50.5 Å². The number of hydrogen-bond acceptors (Lipinski definition) is 3. The average molecular weight is 457 g/mol. The van der Waals surface area contributed by atoms with Crippen LogP contribution in [0, 0.1) is 5.92 Å². The molecule has 0 radical (unpaired) electrons. The molecule has 176 valence electrons. The summed E-state index contributed by atoms with van der Waals surface area (Å²) in [4.78, 5) is 30.2. The third kappa shape index (κ3) is 5.52. The van der Waals surface area contributed by atoms with Crippen LogP contribution in [0.15, 0.2) is 24.3 Å². The maximum Gasteiger partial charge on any atom is 0.253 e. The number of carbonyl (C=O) groups excluding carboxylic acids is 2. The Kier molecular flexibility index (Phi) is 8.20. The molecule has 4 nitrogen and oxygen atoms in total. The highest BCUT2D eigenvalue weighted by atomic mass is 32.2. The smallest absolute Gasteiger partial charge is 0.253 e. The number of aryl methyl sites for hydroxylation is 1. The van der Waals surface area contributed by atoms with Crippen LogP contribution in [0.5, 0.6) is 0 Å². The van der Waals surface area contributed by atoms with Gasteiger partial charge in [0.25, 0.3) is 5.91 Å². The van der Waals surface area contributed by atoms with Crippen molar-refractivity contribution in [1.29, 1.82) is 0 Å². The second-order valence-electron chi connectivity index (χ2n) is 9.98. The lowest BCUT2D eigenvalue weighted by molar-refractivity contribution is -0.135. The zero-order chi connectivity index (χ0) is 22.4. The molecule has 2 heterocycles. The Bertz CT molecular complexity index is 764. The molecule has 1 spiro atoms. The van der Waals surface area contributed by atoms with Crippen molar-refractivity contribution in [1.82, 2.24) is 9.80 Å². The molecule has 1 saturated carbocycles. The number of likely N-dealkylation sites (tertiary alicyclic amines) is 1. The highest BCUT2D eigenvalue weighted by Gasteiger charge is 2.46. The van der Waals surface area contributed by atoms with E-state index in [0.29, 0.717) is 12.3 Å². The van der Waals surface area contributed by atoms with Gasteiger partial charge in [0, 0.05) is 37.4 Å². The quantitative estimate of drug-likeness (QED) is 0.458. The van der Waals surface area contributed by atoms with E-state index in [1.807, 2.05) is 28.8 Å². The largest absolute Gasteiger partial charge is 0.338 e. The minimum absolute atomic E-state index is 0.0767. The van der Waals surface area contributed by atoms with E-state index in [1.54, 1.807) is 0 Å². The maximum absolute atomic E-state index is 13.1. The number of rotatable bonds is 8. The fourth-order valence-corrected chi connectivity index (χ4v) is 7.25. The lowest BCUT2D eigenvalue weighted by Gasteiger charge is -2.44. The third-order valence-electron chi connectivity index (χ3n) is 7.82. The predicted molar refractivity (Wildman–Crippen MR) is 133 cm³/mol. The van der Waals surface area contributed by atoms with Crippen molar-refractivity contribution in [2.24, 2.45) is 5.92 Å². The zero-order valence-corrected chi connectivity index (χ0v) is 20.6. The molecular weight excluding hydrogens is 416 g/mol. The Morgan fingerprint density at radius 3 is 2.44 bits per heavy atom. The van der Waals surface area contributed by atoms with E-state index in [-0.39, 0.29) is 10.8 Å². The Morgan fingerprint density at radius 1 is 1.03 bits per heavy atom. The van der Waals surface area contributed by atoms with Gasteiger partial charge in [-0.2, -0.15) is 0 Å². The first-order valence-electron chi connectivity index (χ1n) is 12.9. The molecule has 3 fully saturated rings. The molecule has 5 heteroatoms. The summed E-state index contributed by atoms with van der Waals surface area (Å²) in [6.45, 7) is 4.59. The van der Waals surface area contributed by atoms with Crippen molar-refractivity contribution in [3.8, 4) is 0 Å². The minimum Gasteiger partial charge on any atom is -0.338 e. The molecule has 3 aliphatic rings. The van der Waals surface area contributed by atoms with Gasteiger partial charge in [0.2, 0.25) is 5.91 Å². The van der Waals surface area contributed by atoms with E-state index < -0.39 is 0 Å². The molecule has 2 saturated heterocycles. The van der Waals surface area contributed by atoms with E-state index >= 15 is 0 Å². The Labute approximate surface area is 198 Å². The molecule has 2 amide bonds. The normalized spacial score (nSPS) is 20.9. The number of benzene rings is 1. The number of carbonyl (C=O) groups is 2. The summed E-state index contributed by atoms with van der Waals surface area (Å²) in [5.41, 5.74) is 2.12. The molecule has 1 aliphatic carbocycles. The van der Waals surface area contributed by atoms with Gasteiger partial charge in [-0.15, -0.1) is 11.8 Å². The number of hydrogen-bond donors (Lipinski definition) is 0. The first kappa shape index (κ1) is 23.7. The molecule has 0 N–H and O–H groups in total. The van der Waals surface area contributed by atoms with E-state index in [0.717, 1.165) is 62.6 Å². The molecule has 2 aliphatic heterocycles. The van der Waals surface area contributed by atoms with Crippen LogP contribution in [-0.4, -0.2) is 51.9 Å². The first-order chi connectivity index (χ1) is 15.6. The summed E-state index contributed by atoms with van der Waals surface area (Å²) in [7, 11) is 0. The molecule has 0 unspecified atom stereocenters. The Morgan fingerprint density at radius 2 is 1.75 bits per heavy atom. The van der Waals surface area contributed by atoms with E-state index in [4.69, 9.17) is 0 Å². The van der Waals surface area contributed by atoms with Gasteiger partial charge in [-0.3, -0.25) is 9.59 Å². The van der Waals surface area contributed by atoms with Crippen LogP contribution in [0.4, 0.5) is 0 Å². The molecule has 0 bridgehead atoms. The molecule has 0 aromatic heterocycles. The number of thioether (sulfide) groups is 1. The van der Waals surface area contributed by atoms with Crippen LogP contribution in [0.25, 0.3) is 0 Å². The zero-order valence-electron chi connectivity index (χ0n) is 19.8. The van der Waals surface area contributed by atoms with Crippen LogP contribution >= 0.6 is 11.8 Å². The van der Waals surface area contributed by atoms with Gasteiger partial charge in [-0.05, 0) is 55.7 Å². The van der Waals surface area contributed by atoms with Crippen molar-refractivity contribution < 1.29 is 9.59 Å². The fourth-order valence-electron chi connectivity index (χ4n) is 5.77. The van der Waals surface area contributed by atoms with Gasteiger partial charge in [-0.25, -0.2) is 0 Å². The number of piperidine rings is 1. The summed E-state index contributed by atoms with van der Waals surface area (Å²) >= 11 is 1.95. The van der Waals surface area contributed by atoms with Crippen LogP contribution in [0.2, 0.25) is 0 Å². The van der Waals surface area contributed by atoms with E-state index in [2.05, 4.69) is 24.0 Å². The summed E-state index contributed by atoms with van der Waals surface area (Å²) in [5.74, 6) is 2.29. The second kappa shape index (κ2) is 11.1. The maximum atomic E-state index is 13.1. The molecule has 0 atom stereocenters. The molecule has 32 heavy (non-hydrogen) atoms. The predicted octanol–water partition coefficient (Wildman–Crippen LogP) is 5.90. The monoisotopic (exact) mass is 456 g/mol. The topological polar surface area (TPSA) is 40.6 Å². The van der Waals surface area contributed by atoms with Crippen LogP contribution in [0.3, 0.4) is 0 Å². The Balaban J connectivity index is 1.29. The van der Waals surface area contributed by atoms with Gasteiger partial charge in [0.1, 0.15) is 0 Å². The van der Waals surface area contributed by atoms with E-state index in [9.17, 15) is 9.59 Å². The lowest BCUT2D eigenvalue weighted by atomic mass is 9.98. The third-order valence-corrected chi connectivity index (χ3v) is 9.37. The number of amides is 2. The van der Waals surface area contributed by atoms with Crippen molar-refractivity contribution in [2.45, 2.75) is 88.8 Å². The van der Waals surface area contributed by atoms with Gasteiger partial charge >= 0.3 is 0 Å². The Hall–Kier alpha value is -1.49. The highest BCUT2D eigenvalue weighted by Crippen LogP contribution is 2.44. The van der Waals surface area contributed by atoms with Gasteiger partial charge in [-0.1, -0.05) is 57.6 Å². The minimum atomic E-state index is -0.0767. The molecule has 1 aromatic carbocycles. The highest BCUT2D eigenvalue weighted by molar-refractivity contribution is 8.00. The van der Waals surface area contributed by atoms with Crippen LogP contribution < -0.4 is 0 Å². The summed E-state index contributed by atoms with van der Waals surface area (Å²) in [5, 5.41) is 0. The van der Waals surface area contributed by atoms with Crippen molar-refractivity contribution >= 4 is 23.6 Å². The number of unbranched alkanes of at least 4 members (excludes halogenated alkanes) is 2. The summed E-state index contributed by atoms with van der Waals surface area (Å²) < 4.78 is 0. The summed E-state index contributed by atoms with van der Waals surface area (Å²) in [6.07, 6.45) is 13.7. The SMILES string of the molecule is CCCCCc1ccc(C(=O)N2CCC3(CC2)SCCN3C(=O)CCC2CCCC2)cc1. The fraction of sp³-hybridized carbons (Fsp3) is 0.704. The van der Waals surface area contributed by atoms with Crippen LogP contribution in [-0.2, 0) is 11.2 Å². The van der Waals surface area contributed by atoms with Gasteiger partial charge in [0.15, 0.2) is 0 Å². The average Bonchev–Trinajstić information content (AvgIpc) is 3.49. The molecule has 1 aromatic rings. The second-order valence-corrected chi connectivity index (χ2v) is 11.4. The molecule has 4 rings (SSSR count). The first-order valence-corrected chi connectivity index (χ1v) is 13.9. The molecular formula is C27H40N2O2S. The number of nitrogens with zero attached hydrogens (tertiary/aromatic N) is 2. The standard InChI is InChI=1S/C27H40N2O2S/c1-2-3-4-7-23-10-13-24(14-11-23)26(31)28-18-16-27(17-19-28)29(20-21-32-27)25(30)15-12-22-8-5-6-9-22/h10-11,13-14,22H,2-9,12,15-21H2,1H3. The van der Waals surface area contributed by atoms with Crippen molar-refractivity contribution in [3.05, 3.63) is 35.4 Å². The van der Waals surface area contributed by atoms with Gasteiger partial charge < -0.3 is 9.80 Å². The lowest BCUT2D eigenvalue weighted by Crippen LogP contribution is -2.53. The van der Waals surface area contributed by atoms with Crippen LogP contribution in [0.1, 0.15) is 93.5 Å². The van der Waals surface area contributed by atoms with Crippen molar-refractivity contribution in [3.63, 3.8) is 0 Å². The summed E-state index contributed by atoms with van der Waals surface area (Å²) in [6, 6.07) is 8.23.